The molecule has 0 aromatic heterocycles. The van der Waals surface area contributed by atoms with Crippen molar-refractivity contribution in [3.8, 4) is 5.75 Å². The number of carbonyl (C=O) groups excluding carboxylic acids is 2. The van der Waals surface area contributed by atoms with Gasteiger partial charge in [-0.2, -0.15) is 0 Å². The maximum atomic E-state index is 12.3. The van der Waals surface area contributed by atoms with Crippen molar-refractivity contribution in [2.45, 2.75) is 19.4 Å². The fourth-order valence-electron chi connectivity index (χ4n) is 2.55. The van der Waals surface area contributed by atoms with Crippen molar-refractivity contribution in [2.75, 3.05) is 20.3 Å². The van der Waals surface area contributed by atoms with Gasteiger partial charge in [0.2, 0.25) is 0 Å². The summed E-state index contributed by atoms with van der Waals surface area (Å²) < 4.78 is 4.99. The number of carbonyl (C=O) groups is 2. The summed E-state index contributed by atoms with van der Waals surface area (Å²) in [7, 11) is 1.52. The molecule has 1 unspecified atom stereocenters. The van der Waals surface area contributed by atoms with Gasteiger partial charge in [-0.1, -0.05) is 19.1 Å². The zero-order valence-corrected chi connectivity index (χ0v) is 12.6. The van der Waals surface area contributed by atoms with Crippen LogP contribution in [0.5, 0.6) is 5.75 Å². The number of hydrogen-bond donors (Lipinski definition) is 2. The molecule has 0 spiro atoms. The molecule has 1 aromatic carbocycles. The zero-order valence-electron chi connectivity index (χ0n) is 12.6. The van der Waals surface area contributed by atoms with Crippen LogP contribution in [0.2, 0.25) is 0 Å². The van der Waals surface area contributed by atoms with E-state index in [4.69, 9.17) is 4.74 Å². The summed E-state index contributed by atoms with van der Waals surface area (Å²) in [4.78, 5) is 25.8. The molecule has 0 aliphatic carbocycles. The monoisotopic (exact) mass is 305 g/mol. The van der Waals surface area contributed by atoms with Gasteiger partial charge in [-0.3, -0.25) is 9.59 Å². The number of Topliss-reactive ketones (excluding diaryl/α,β-unsaturated/α-hetero) is 1. The van der Waals surface area contributed by atoms with E-state index in [1.807, 2.05) is 0 Å². The van der Waals surface area contributed by atoms with Crippen LogP contribution in [0, 0.1) is 0 Å². The van der Waals surface area contributed by atoms with Crippen LogP contribution in [0.1, 0.15) is 24.9 Å². The van der Waals surface area contributed by atoms with Crippen LogP contribution in [-0.4, -0.2) is 47.1 Å². The molecule has 0 fully saturated rings. The SMILES string of the molecule is CCC(=O)C1=C(O)C(=O)N(CCOC)C1c1ccc(O)cc1. The molecule has 1 heterocycles. The normalized spacial score (nSPS) is 18.2. The van der Waals surface area contributed by atoms with Gasteiger partial charge in [-0.15, -0.1) is 0 Å². The summed E-state index contributed by atoms with van der Waals surface area (Å²) in [5.74, 6) is -1.26. The van der Waals surface area contributed by atoms with Crippen molar-refractivity contribution in [1.82, 2.24) is 4.90 Å². The first kappa shape index (κ1) is 16.0. The highest BCUT2D eigenvalue weighted by molar-refractivity contribution is 6.08. The van der Waals surface area contributed by atoms with Crippen LogP contribution in [0.3, 0.4) is 0 Å². The van der Waals surface area contributed by atoms with Crippen LogP contribution >= 0.6 is 0 Å². The van der Waals surface area contributed by atoms with Crippen LogP contribution in [-0.2, 0) is 14.3 Å². The number of phenols is 1. The third-order valence-corrected chi connectivity index (χ3v) is 3.67. The average molecular weight is 305 g/mol. The molecule has 2 rings (SSSR count). The quantitative estimate of drug-likeness (QED) is 0.835. The molecule has 0 saturated carbocycles. The minimum Gasteiger partial charge on any atom is -0.508 e. The summed E-state index contributed by atoms with van der Waals surface area (Å²) in [5.41, 5.74) is 0.761. The van der Waals surface area contributed by atoms with E-state index in [1.165, 1.54) is 24.1 Å². The summed E-state index contributed by atoms with van der Waals surface area (Å²) in [6.45, 7) is 2.23. The van der Waals surface area contributed by atoms with E-state index in [9.17, 15) is 19.8 Å². The Balaban J connectivity index is 2.47. The maximum absolute atomic E-state index is 12.3. The van der Waals surface area contributed by atoms with Crippen molar-refractivity contribution >= 4 is 11.7 Å². The lowest BCUT2D eigenvalue weighted by Crippen LogP contribution is -2.33. The Kier molecular flexibility index (Phi) is 4.82. The minimum absolute atomic E-state index is 0.0908. The molecule has 0 radical (unpaired) electrons. The van der Waals surface area contributed by atoms with E-state index in [-0.39, 0.29) is 30.1 Å². The highest BCUT2D eigenvalue weighted by Crippen LogP contribution is 2.38. The van der Waals surface area contributed by atoms with Crippen molar-refractivity contribution in [2.24, 2.45) is 0 Å². The van der Waals surface area contributed by atoms with E-state index in [2.05, 4.69) is 0 Å². The molecule has 6 heteroatoms. The first-order valence-electron chi connectivity index (χ1n) is 7.06. The first-order chi connectivity index (χ1) is 10.5. The van der Waals surface area contributed by atoms with Crippen molar-refractivity contribution in [3.05, 3.63) is 41.2 Å². The van der Waals surface area contributed by atoms with Crippen molar-refractivity contribution in [1.29, 1.82) is 0 Å². The summed E-state index contributed by atoms with van der Waals surface area (Å²) >= 11 is 0. The molecule has 1 atom stereocenters. The van der Waals surface area contributed by atoms with Gasteiger partial charge in [0.25, 0.3) is 5.91 Å². The van der Waals surface area contributed by atoms with Crippen molar-refractivity contribution in [3.63, 3.8) is 0 Å². The van der Waals surface area contributed by atoms with Gasteiger partial charge in [0, 0.05) is 20.1 Å². The lowest BCUT2D eigenvalue weighted by molar-refractivity contribution is -0.130. The fraction of sp³-hybridized carbons (Fsp3) is 0.375. The van der Waals surface area contributed by atoms with Gasteiger partial charge in [-0.25, -0.2) is 0 Å². The third kappa shape index (κ3) is 2.82. The second kappa shape index (κ2) is 6.62. The second-order valence-corrected chi connectivity index (χ2v) is 5.02. The molecule has 1 aliphatic heterocycles. The zero-order chi connectivity index (χ0) is 16.3. The predicted octanol–water partition coefficient (Wildman–Crippen LogP) is 1.71. The van der Waals surface area contributed by atoms with Gasteiger partial charge in [0.1, 0.15) is 5.75 Å². The van der Waals surface area contributed by atoms with Crippen LogP contribution < -0.4 is 0 Å². The number of hydrogen-bond acceptors (Lipinski definition) is 5. The number of methoxy groups -OCH3 is 1. The standard InChI is InChI=1S/C16H19NO5/c1-3-12(19)13-14(10-4-6-11(18)7-5-10)17(8-9-22-2)16(21)15(13)20/h4-7,14,18,20H,3,8-9H2,1-2H3. The first-order valence-corrected chi connectivity index (χ1v) is 7.06. The number of ether oxygens (including phenoxy) is 1. The molecule has 0 saturated heterocycles. The molecule has 0 bridgehead atoms. The highest BCUT2D eigenvalue weighted by Gasteiger charge is 2.42. The number of amides is 1. The van der Waals surface area contributed by atoms with Gasteiger partial charge < -0.3 is 19.8 Å². The Bertz CT molecular complexity index is 605. The van der Waals surface area contributed by atoms with Crippen LogP contribution in [0.4, 0.5) is 0 Å². The van der Waals surface area contributed by atoms with E-state index in [0.29, 0.717) is 12.2 Å². The molecule has 118 valence electrons. The lowest BCUT2D eigenvalue weighted by atomic mass is 9.95. The lowest BCUT2D eigenvalue weighted by Gasteiger charge is -2.26. The fourth-order valence-corrected chi connectivity index (χ4v) is 2.55. The average Bonchev–Trinajstić information content (AvgIpc) is 2.77. The summed E-state index contributed by atoms with van der Waals surface area (Å²) in [6.07, 6.45) is 0.194. The number of benzene rings is 1. The molecule has 1 aliphatic rings. The summed E-state index contributed by atoms with van der Waals surface area (Å²) in [6, 6.07) is 5.58. The van der Waals surface area contributed by atoms with Gasteiger partial charge in [0.15, 0.2) is 11.5 Å². The number of ketones is 1. The van der Waals surface area contributed by atoms with Gasteiger partial charge in [0.05, 0.1) is 18.2 Å². The number of phenolic OH excluding ortho intramolecular Hbond substituents is 1. The molecule has 1 amide bonds. The molecular weight excluding hydrogens is 286 g/mol. The Labute approximate surface area is 128 Å². The van der Waals surface area contributed by atoms with Gasteiger partial charge >= 0.3 is 0 Å². The van der Waals surface area contributed by atoms with Crippen molar-refractivity contribution < 1.29 is 24.5 Å². The third-order valence-electron chi connectivity index (χ3n) is 3.67. The molecule has 2 N–H and O–H groups in total. The molecule has 1 aromatic rings. The number of aliphatic hydroxyl groups excluding tert-OH is 1. The number of rotatable bonds is 6. The largest absolute Gasteiger partial charge is 0.508 e. The number of nitrogens with zero attached hydrogens (tertiary/aromatic N) is 1. The Hall–Kier alpha value is -2.34. The summed E-state index contributed by atoms with van der Waals surface area (Å²) in [5, 5.41) is 19.5. The van der Waals surface area contributed by atoms with Gasteiger partial charge in [-0.05, 0) is 17.7 Å². The highest BCUT2D eigenvalue weighted by atomic mass is 16.5. The maximum Gasteiger partial charge on any atom is 0.290 e. The van der Waals surface area contributed by atoms with Crippen LogP contribution in [0.15, 0.2) is 35.6 Å². The minimum atomic E-state index is -0.657. The Morgan fingerprint density at radius 2 is 1.91 bits per heavy atom. The van der Waals surface area contributed by atoms with E-state index < -0.39 is 17.7 Å². The number of aromatic hydroxyl groups is 1. The topological polar surface area (TPSA) is 87.1 Å². The molecule has 22 heavy (non-hydrogen) atoms. The predicted molar refractivity (Wildman–Crippen MR) is 79.4 cm³/mol. The molecule has 6 nitrogen and oxygen atoms in total. The Morgan fingerprint density at radius 3 is 2.45 bits per heavy atom. The smallest absolute Gasteiger partial charge is 0.290 e. The Morgan fingerprint density at radius 1 is 1.27 bits per heavy atom. The van der Waals surface area contributed by atoms with E-state index >= 15 is 0 Å². The van der Waals surface area contributed by atoms with Crippen LogP contribution in [0.25, 0.3) is 0 Å². The second-order valence-electron chi connectivity index (χ2n) is 5.02. The number of aliphatic hydroxyl groups is 1. The molecular formula is C16H19NO5. The van der Waals surface area contributed by atoms with E-state index in [1.54, 1.807) is 19.1 Å². The van der Waals surface area contributed by atoms with E-state index in [0.717, 1.165) is 0 Å².